The lowest BCUT2D eigenvalue weighted by molar-refractivity contribution is -0.384. The second-order valence-corrected chi connectivity index (χ2v) is 20.8. The van der Waals surface area contributed by atoms with Crippen LogP contribution in [0.15, 0.2) is 109 Å². The Morgan fingerprint density at radius 2 is 1.32 bits per heavy atom. The van der Waals surface area contributed by atoms with Crippen LogP contribution in [-0.4, -0.2) is 182 Å². The molecular weight excluding hydrogens is 1030 g/mol. The maximum Gasteiger partial charge on any atom is 0.311 e. The van der Waals surface area contributed by atoms with Crippen LogP contribution in [0.2, 0.25) is 0 Å². The zero-order valence-corrected chi connectivity index (χ0v) is 44.8. The number of cyclic esters (lactones) is 1. The van der Waals surface area contributed by atoms with E-state index in [1.807, 2.05) is 6.92 Å². The van der Waals surface area contributed by atoms with Crippen molar-refractivity contribution in [3.05, 3.63) is 125 Å². The Morgan fingerprint density at radius 1 is 0.734 bits per heavy atom. The van der Waals surface area contributed by atoms with Crippen LogP contribution < -0.4 is 11.1 Å². The summed E-state index contributed by atoms with van der Waals surface area (Å²) in [5.41, 5.74) is 6.51. The molecule has 20 atom stereocenters. The Balaban J connectivity index is 1.59. The van der Waals surface area contributed by atoms with Gasteiger partial charge in [0, 0.05) is 49.7 Å². The number of rotatable bonds is 8. The predicted octanol–water partition coefficient (Wildman–Crippen LogP) is 1.35. The number of nitro groups is 1. The maximum absolute atomic E-state index is 13.4. The van der Waals surface area contributed by atoms with E-state index < -0.39 is 170 Å². The van der Waals surface area contributed by atoms with Gasteiger partial charge in [-0.05, 0) is 45.1 Å². The number of allylic oxidation sites excluding steroid dienone is 12. The van der Waals surface area contributed by atoms with Crippen LogP contribution in [0.3, 0.4) is 0 Å². The SMILES string of the molecule is C[C@@H]1[C@H](O)[C@@H](C)/C=C/C=C/C=C/C=C/C=C/C=C/C=C/[C@H](O[C@@H]2O[C@@H](C)[C@@H](O)[C@H](NC(=O)[C@@H](N)Cc3ccc([N+](=O)[O-])cc3)[C@@H]2O)C[C@@H]2O[C@](O)(C[C@@H](O)C[C@@H](O)[C@H](O)CC[C@@H](O)C[C@@H](O)CC(=O)O[C@H]1C)C[C@H](O)[C@H]2C(=O)O. The zero-order chi connectivity index (χ0) is 58.6. The number of carboxylic acids is 1. The van der Waals surface area contributed by atoms with E-state index in [-0.39, 0.29) is 37.3 Å². The third-order valence-corrected chi connectivity index (χ3v) is 14.2. The van der Waals surface area contributed by atoms with Crippen molar-refractivity contribution < 1.29 is 94.4 Å². The summed E-state index contributed by atoms with van der Waals surface area (Å²) in [4.78, 5) is 49.3. The van der Waals surface area contributed by atoms with Crippen LogP contribution in [0.5, 0.6) is 0 Å². The van der Waals surface area contributed by atoms with Crippen LogP contribution in [0.4, 0.5) is 5.69 Å². The number of hydrogen-bond donors (Lipinski definition) is 13. The first-order chi connectivity index (χ1) is 37.3. The molecule has 0 radical (unpaired) electrons. The number of esters is 1. The van der Waals surface area contributed by atoms with Crippen molar-refractivity contribution in [2.75, 3.05) is 0 Å². The minimum absolute atomic E-state index is 0.0662. The molecule has 0 unspecified atom stereocenters. The molecule has 23 nitrogen and oxygen atoms in total. The van der Waals surface area contributed by atoms with Gasteiger partial charge in [-0.15, -0.1) is 0 Å². The monoisotopic (exact) mass is 1120 g/mol. The normalized spacial score (nSPS) is 39.8. The summed E-state index contributed by atoms with van der Waals surface area (Å²) < 4.78 is 23.6. The summed E-state index contributed by atoms with van der Waals surface area (Å²) in [6, 6.07) is 2.69. The number of amides is 1. The molecular formula is C56H81N3O20. The van der Waals surface area contributed by atoms with Crippen molar-refractivity contribution in [2.24, 2.45) is 23.5 Å². The quantitative estimate of drug-likeness (QED) is 0.0992. The molecule has 4 rings (SSSR count). The first-order valence-electron chi connectivity index (χ1n) is 26.5. The lowest BCUT2D eigenvalue weighted by Crippen LogP contribution is -2.65. The highest BCUT2D eigenvalue weighted by atomic mass is 16.7. The topological polar surface area (TPSA) is 392 Å². The van der Waals surface area contributed by atoms with Gasteiger partial charge in [0.15, 0.2) is 12.1 Å². The summed E-state index contributed by atoms with van der Waals surface area (Å²) in [5, 5.41) is 135. The number of non-ortho nitro benzene ring substituents is 1. The number of ether oxygens (including phenoxy) is 4. The number of aliphatic hydroxyl groups excluding tert-OH is 9. The van der Waals surface area contributed by atoms with Crippen molar-refractivity contribution >= 4 is 23.5 Å². The van der Waals surface area contributed by atoms with Crippen molar-refractivity contribution in [3.63, 3.8) is 0 Å². The van der Waals surface area contributed by atoms with E-state index in [2.05, 4.69) is 5.32 Å². The molecule has 1 aromatic rings. The van der Waals surface area contributed by atoms with Gasteiger partial charge in [-0.3, -0.25) is 24.5 Å². The number of nitrogens with one attached hydrogen (secondary N) is 1. The summed E-state index contributed by atoms with van der Waals surface area (Å²) >= 11 is 0. The number of carbonyl (C=O) groups is 3. The largest absolute Gasteiger partial charge is 0.481 e. The molecule has 79 heavy (non-hydrogen) atoms. The van der Waals surface area contributed by atoms with Crippen molar-refractivity contribution in [1.82, 2.24) is 5.32 Å². The molecule has 2 fully saturated rings. The van der Waals surface area contributed by atoms with Crippen molar-refractivity contribution in [1.29, 1.82) is 0 Å². The molecule has 14 N–H and O–H groups in total. The first-order valence-corrected chi connectivity index (χ1v) is 26.5. The third-order valence-electron chi connectivity index (χ3n) is 14.2. The fourth-order valence-electron chi connectivity index (χ4n) is 9.48. The smallest absolute Gasteiger partial charge is 0.311 e. The number of benzene rings is 1. The third kappa shape index (κ3) is 21.6. The molecule has 23 heteroatoms. The van der Waals surface area contributed by atoms with Gasteiger partial charge in [0.25, 0.3) is 5.69 Å². The summed E-state index contributed by atoms with van der Waals surface area (Å²) in [5.74, 6) is -7.98. The van der Waals surface area contributed by atoms with Gasteiger partial charge < -0.3 is 86.2 Å². The average molecular weight is 1120 g/mol. The van der Waals surface area contributed by atoms with Gasteiger partial charge in [-0.2, -0.15) is 0 Å². The van der Waals surface area contributed by atoms with E-state index in [1.54, 1.807) is 86.8 Å². The number of aliphatic carboxylic acids is 1. The summed E-state index contributed by atoms with van der Waals surface area (Å²) in [6.07, 6.45) is 0.674. The van der Waals surface area contributed by atoms with Crippen molar-refractivity contribution in [3.8, 4) is 0 Å². The second-order valence-electron chi connectivity index (χ2n) is 20.8. The van der Waals surface area contributed by atoms with E-state index in [0.717, 1.165) is 0 Å². The van der Waals surface area contributed by atoms with E-state index in [9.17, 15) is 80.7 Å². The van der Waals surface area contributed by atoms with Crippen LogP contribution in [0.1, 0.15) is 84.6 Å². The second kappa shape index (κ2) is 32.2. The number of carboxylic acid groups (broad SMARTS) is 1. The molecule has 1 amide bonds. The first kappa shape index (κ1) is 66.2. The molecule has 3 aliphatic rings. The van der Waals surface area contributed by atoms with Gasteiger partial charge in [0.1, 0.15) is 24.2 Å². The highest BCUT2D eigenvalue weighted by Crippen LogP contribution is 2.38. The van der Waals surface area contributed by atoms with Crippen LogP contribution in [0.25, 0.3) is 0 Å². The van der Waals surface area contributed by atoms with E-state index in [4.69, 9.17) is 24.7 Å². The Labute approximate surface area is 459 Å². The number of nitrogens with zero attached hydrogens (tertiary/aromatic N) is 1. The van der Waals surface area contributed by atoms with Crippen LogP contribution >= 0.6 is 0 Å². The highest BCUT2D eigenvalue weighted by Gasteiger charge is 2.51. The fourth-order valence-corrected chi connectivity index (χ4v) is 9.48. The van der Waals surface area contributed by atoms with Crippen LogP contribution in [0, 0.1) is 27.9 Å². The molecule has 1 aromatic carbocycles. The molecule has 0 spiro atoms. The van der Waals surface area contributed by atoms with Gasteiger partial charge in [-0.1, -0.05) is 111 Å². The van der Waals surface area contributed by atoms with E-state index in [1.165, 1.54) is 43.3 Å². The number of hydrogen-bond acceptors (Lipinski definition) is 20. The molecule has 440 valence electrons. The summed E-state index contributed by atoms with van der Waals surface area (Å²) in [6.45, 7) is 6.61. The van der Waals surface area contributed by atoms with Crippen molar-refractivity contribution in [2.45, 2.75) is 189 Å². The molecule has 0 saturated carbocycles. The Kier molecular flexibility index (Phi) is 27.0. The molecule has 0 aromatic heterocycles. The number of carbonyl (C=O) groups excluding carboxylic acids is 2. The van der Waals surface area contributed by atoms with Gasteiger partial charge in [0.2, 0.25) is 5.91 Å². The standard InChI is InChI=1S/C56H81N3O20/c1-32-17-15-13-11-9-7-5-6-8-10-12-14-16-18-41(78-55-52(69)49(51(68)35(4)77-55)58-53(70)42(57)25-36-19-21-37(22-20-36)59(74)75)29-46-48(54(71)72)45(65)31-56(73,79-46)30-40(62)27-44(64)43(63)24-23-38(60)26-39(61)28-47(66)76-34(3)33(2)50(32)67/h5-22,32-35,38-46,48-52,55,60-65,67-69,73H,23-31,57H2,1-4H3,(H,58,70)(H,71,72)/b6-5+,9-7+,10-8+,13-11+,14-12+,17-15+,18-16+/t32-,33-,34-,35-,38+,39+,40-,41-,42-,43+,44+,45-,46-,48+,49-,50+,51+,52-,55-,56+/m0/s1. The molecule has 3 aliphatic heterocycles. The minimum Gasteiger partial charge on any atom is -0.481 e. The molecule has 3 heterocycles. The average Bonchev–Trinajstić information content (AvgIpc) is 3.40. The number of fused-ring (bicyclic) bond motifs is 2. The van der Waals surface area contributed by atoms with E-state index >= 15 is 0 Å². The maximum atomic E-state index is 13.4. The van der Waals surface area contributed by atoms with Gasteiger partial charge in [0.05, 0.1) is 84.5 Å². The number of aliphatic hydroxyl groups is 10. The fraction of sp³-hybridized carbons (Fsp3) is 0.589. The van der Waals surface area contributed by atoms with E-state index in [0.29, 0.717) is 5.56 Å². The lowest BCUT2D eigenvalue weighted by atomic mass is 9.82. The summed E-state index contributed by atoms with van der Waals surface area (Å²) in [7, 11) is 0. The molecule has 2 saturated heterocycles. The van der Waals surface area contributed by atoms with Crippen LogP contribution in [-0.2, 0) is 39.8 Å². The number of nitrogens with two attached hydrogens (primary N) is 1. The Morgan fingerprint density at radius 3 is 1.90 bits per heavy atom. The zero-order valence-electron chi connectivity index (χ0n) is 44.8. The highest BCUT2D eigenvalue weighted by molar-refractivity contribution is 5.82. The lowest BCUT2D eigenvalue weighted by Gasteiger charge is -2.45. The van der Waals surface area contributed by atoms with Gasteiger partial charge in [-0.25, -0.2) is 0 Å². The Hall–Kier alpha value is -5.35. The molecule has 2 bridgehead atoms. The van der Waals surface area contributed by atoms with Gasteiger partial charge >= 0.3 is 11.9 Å². The predicted molar refractivity (Wildman–Crippen MR) is 286 cm³/mol. The minimum atomic E-state index is -2.42. The number of nitro benzene ring substituents is 1. The Bertz CT molecular complexity index is 2310. The molecule has 0 aliphatic carbocycles.